The standard InChI is InChI=1S/C34H54O6/c1-22(36)39-18-19-40-28(38)34-16-14-29(2,3)20-24(34)23-8-9-26-30(4)12-11-27(37)31(5,21-35)25(30)10-13-33(26,7)32(23,6)15-17-34/h8,24-27,35,37H,9-21H2,1-7H3/t24-,25?,26-,27+,30+,31+,32-,33-,34+/m1/s1. The Kier molecular flexibility index (Phi) is 7.39. The highest BCUT2D eigenvalue weighted by Gasteiger charge is 2.69. The lowest BCUT2D eigenvalue weighted by molar-refractivity contribution is -0.217. The number of carbonyl (C=O) groups excluding carboxylic acids is 2. The van der Waals surface area contributed by atoms with Gasteiger partial charge < -0.3 is 19.7 Å². The van der Waals surface area contributed by atoms with Gasteiger partial charge in [-0.15, -0.1) is 0 Å². The first-order chi connectivity index (χ1) is 18.6. The number of hydrogen-bond acceptors (Lipinski definition) is 6. The summed E-state index contributed by atoms with van der Waals surface area (Å²) < 4.78 is 10.9. The Morgan fingerprint density at radius 2 is 1.57 bits per heavy atom. The van der Waals surface area contributed by atoms with Crippen molar-refractivity contribution in [2.75, 3.05) is 19.8 Å². The Morgan fingerprint density at radius 1 is 0.900 bits per heavy atom. The van der Waals surface area contributed by atoms with Crippen LogP contribution in [0.3, 0.4) is 0 Å². The summed E-state index contributed by atoms with van der Waals surface area (Å²) in [5, 5.41) is 21.5. The number of hydrogen-bond donors (Lipinski definition) is 2. The molecule has 6 nitrogen and oxygen atoms in total. The summed E-state index contributed by atoms with van der Waals surface area (Å²) >= 11 is 0. The molecule has 40 heavy (non-hydrogen) atoms. The Balaban J connectivity index is 1.50. The third-order valence-electron chi connectivity index (χ3n) is 13.8. The molecule has 226 valence electrons. The summed E-state index contributed by atoms with van der Waals surface area (Å²) in [7, 11) is 0. The molecule has 0 bridgehead atoms. The van der Waals surface area contributed by atoms with Crippen molar-refractivity contribution in [3.63, 3.8) is 0 Å². The predicted octanol–water partition coefficient (Wildman–Crippen LogP) is 6.23. The van der Waals surface area contributed by atoms with E-state index < -0.39 is 16.9 Å². The maximum absolute atomic E-state index is 13.9. The van der Waals surface area contributed by atoms with Gasteiger partial charge in [-0.2, -0.15) is 0 Å². The van der Waals surface area contributed by atoms with Gasteiger partial charge in [0.2, 0.25) is 0 Å². The van der Waals surface area contributed by atoms with Crippen LogP contribution in [0.2, 0.25) is 0 Å². The van der Waals surface area contributed by atoms with E-state index in [0.29, 0.717) is 11.8 Å². The molecule has 0 spiro atoms. The number of aliphatic hydroxyl groups excluding tert-OH is 2. The van der Waals surface area contributed by atoms with Gasteiger partial charge in [0.25, 0.3) is 0 Å². The van der Waals surface area contributed by atoms with Crippen LogP contribution in [-0.2, 0) is 19.1 Å². The molecule has 5 rings (SSSR count). The summed E-state index contributed by atoms with van der Waals surface area (Å²) in [5.41, 5.74) is 0.837. The van der Waals surface area contributed by atoms with Crippen molar-refractivity contribution in [1.29, 1.82) is 0 Å². The van der Waals surface area contributed by atoms with Crippen molar-refractivity contribution < 1.29 is 29.3 Å². The van der Waals surface area contributed by atoms with Crippen LogP contribution in [0.4, 0.5) is 0 Å². The van der Waals surface area contributed by atoms with Crippen LogP contribution in [-0.4, -0.2) is 48.1 Å². The second kappa shape index (κ2) is 9.82. The molecule has 0 radical (unpaired) electrons. The van der Waals surface area contributed by atoms with Crippen LogP contribution in [0.15, 0.2) is 11.6 Å². The minimum atomic E-state index is -0.508. The summed E-state index contributed by atoms with van der Waals surface area (Å²) in [5.74, 6) is 0.478. The molecule has 0 aromatic rings. The summed E-state index contributed by atoms with van der Waals surface area (Å²) in [6.45, 7) is 15.9. The highest BCUT2D eigenvalue weighted by Crippen LogP contribution is 2.75. The molecule has 0 heterocycles. The van der Waals surface area contributed by atoms with Crippen LogP contribution < -0.4 is 0 Å². The molecule has 4 saturated carbocycles. The van der Waals surface area contributed by atoms with E-state index in [1.54, 1.807) is 0 Å². The molecular weight excluding hydrogens is 504 g/mol. The molecule has 0 aromatic heterocycles. The SMILES string of the molecule is CC(=O)OCCOC(=O)[C@]12CCC(C)(C)C[C@@H]1C1=CC[C@@H]3[C@@]4(C)CC[C@H](O)[C@@](C)(CO)C4CC[C@@]3(C)[C@]1(C)CC2. The van der Waals surface area contributed by atoms with Crippen LogP contribution in [0.5, 0.6) is 0 Å². The molecular formula is C34H54O6. The van der Waals surface area contributed by atoms with Crippen molar-refractivity contribution in [1.82, 2.24) is 0 Å². The van der Waals surface area contributed by atoms with Gasteiger partial charge >= 0.3 is 11.9 Å². The first-order valence-electron chi connectivity index (χ1n) is 15.9. The largest absolute Gasteiger partial charge is 0.462 e. The van der Waals surface area contributed by atoms with Crippen LogP contribution in [0, 0.1) is 50.2 Å². The molecule has 2 N–H and O–H groups in total. The van der Waals surface area contributed by atoms with E-state index in [1.807, 2.05) is 0 Å². The average Bonchev–Trinajstić information content (AvgIpc) is 2.89. The van der Waals surface area contributed by atoms with E-state index >= 15 is 0 Å². The third-order valence-corrected chi connectivity index (χ3v) is 13.8. The fourth-order valence-corrected chi connectivity index (χ4v) is 11.1. The van der Waals surface area contributed by atoms with E-state index in [9.17, 15) is 19.8 Å². The average molecular weight is 559 g/mol. The summed E-state index contributed by atoms with van der Waals surface area (Å²) in [6, 6.07) is 0. The van der Waals surface area contributed by atoms with Crippen LogP contribution >= 0.6 is 0 Å². The topological polar surface area (TPSA) is 93.1 Å². The maximum atomic E-state index is 13.9. The fourth-order valence-electron chi connectivity index (χ4n) is 11.1. The Bertz CT molecular complexity index is 1060. The van der Waals surface area contributed by atoms with Gasteiger partial charge in [-0.1, -0.05) is 53.2 Å². The van der Waals surface area contributed by atoms with E-state index in [0.717, 1.165) is 64.2 Å². The van der Waals surface area contributed by atoms with Gasteiger partial charge in [-0.3, -0.25) is 9.59 Å². The molecule has 0 aromatic carbocycles. The molecule has 1 unspecified atom stereocenters. The first kappa shape index (κ1) is 30.1. The number of fused-ring (bicyclic) bond motifs is 7. The first-order valence-corrected chi connectivity index (χ1v) is 15.9. The number of allylic oxidation sites excluding steroid dienone is 2. The number of ether oxygens (including phenoxy) is 2. The molecule has 0 saturated heterocycles. The minimum absolute atomic E-state index is 0.00478. The quantitative estimate of drug-likeness (QED) is 0.236. The Hall–Kier alpha value is -1.40. The maximum Gasteiger partial charge on any atom is 0.312 e. The zero-order chi connectivity index (χ0) is 29.4. The van der Waals surface area contributed by atoms with Crippen LogP contribution in [0.25, 0.3) is 0 Å². The third kappa shape index (κ3) is 4.16. The zero-order valence-electron chi connectivity index (χ0n) is 26.1. The van der Waals surface area contributed by atoms with Crippen LogP contribution in [0.1, 0.15) is 113 Å². The molecule has 6 heteroatoms. The van der Waals surface area contributed by atoms with Crippen molar-refractivity contribution in [3.05, 3.63) is 11.6 Å². The number of carbonyl (C=O) groups is 2. The summed E-state index contributed by atoms with van der Waals surface area (Å²) in [4.78, 5) is 25.1. The van der Waals surface area contributed by atoms with Crippen molar-refractivity contribution in [2.24, 2.45) is 50.2 Å². The monoisotopic (exact) mass is 558 g/mol. The molecule has 5 aliphatic carbocycles. The van der Waals surface area contributed by atoms with Crippen molar-refractivity contribution >= 4 is 11.9 Å². The van der Waals surface area contributed by atoms with Gasteiger partial charge in [0.15, 0.2) is 0 Å². The lowest BCUT2D eigenvalue weighted by Gasteiger charge is -2.71. The molecule has 9 atom stereocenters. The highest BCUT2D eigenvalue weighted by atomic mass is 16.6. The lowest BCUT2D eigenvalue weighted by Crippen LogP contribution is -2.66. The molecule has 0 amide bonds. The van der Waals surface area contributed by atoms with Gasteiger partial charge in [0.05, 0.1) is 18.1 Å². The Morgan fingerprint density at radius 3 is 2.25 bits per heavy atom. The van der Waals surface area contributed by atoms with E-state index in [-0.39, 0.29) is 59.3 Å². The second-order valence-electron chi connectivity index (χ2n) is 16.1. The fraction of sp³-hybridized carbons (Fsp3) is 0.882. The zero-order valence-corrected chi connectivity index (χ0v) is 26.1. The van der Waals surface area contributed by atoms with E-state index in [4.69, 9.17) is 9.47 Å². The van der Waals surface area contributed by atoms with Crippen molar-refractivity contribution in [2.45, 2.75) is 119 Å². The molecule has 0 aliphatic heterocycles. The van der Waals surface area contributed by atoms with E-state index in [1.165, 1.54) is 12.5 Å². The number of esters is 2. The molecule has 5 aliphatic rings. The number of aliphatic hydroxyl groups is 2. The number of rotatable bonds is 5. The Labute approximate surface area is 241 Å². The highest BCUT2D eigenvalue weighted by molar-refractivity contribution is 5.79. The van der Waals surface area contributed by atoms with Gasteiger partial charge in [-0.25, -0.2) is 0 Å². The lowest BCUT2D eigenvalue weighted by atomic mass is 9.33. The second-order valence-corrected chi connectivity index (χ2v) is 16.1. The van der Waals surface area contributed by atoms with Crippen molar-refractivity contribution in [3.8, 4) is 0 Å². The minimum Gasteiger partial charge on any atom is -0.462 e. The van der Waals surface area contributed by atoms with Gasteiger partial charge in [0, 0.05) is 12.3 Å². The normalized spacial score (nSPS) is 47.5. The summed E-state index contributed by atoms with van der Waals surface area (Å²) in [6.07, 6.45) is 11.6. The predicted molar refractivity (Wildman–Crippen MR) is 154 cm³/mol. The van der Waals surface area contributed by atoms with E-state index in [2.05, 4.69) is 47.6 Å². The smallest absolute Gasteiger partial charge is 0.312 e. The van der Waals surface area contributed by atoms with Gasteiger partial charge in [-0.05, 0) is 104 Å². The van der Waals surface area contributed by atoms with Gasteiger partial charge in [0.1, 0.15) is 13.2 Å². The molecule has 4 fully saturated rings.